The number of benzene rings is 1. The first kappa shape index (κ1) is 19.2. The van der Waals surface area contributed by atoms with Gasteiger partial charge in [-0.25, -0.2) is 0 Å². The van der Waals surface area contributed by atoms with Gasteiger partial charge in [-0.2, -0.15) is 0 Å². The quantitative estimate of drug-likeness (QED) is 0.486. The van der Waals surface area contributed by atoms with Crippen molar-refractivity contribution in [1.82, 2.24) is 10.2 Å². The molecule has 1 aromatic carbocycles. The summed E-state index contributed by atoms with van der Waals surface area (Å²) in [5.41, 5.74) is 2.82. The van der Waals surface area contributed by atoms with E-state index in [4.69, 9.17) is 0 Å². The second kappa shape index (κ2) is 8.49. The van der Waals surface area contributed by atoms with E-state index in [-0.39, 0.29) is 29.4 Å². The van der Waals surface area contributed by atoms with Crippen LogP contribution in [0.3, 0.4) is 0 Å². The van der Waals surface area contributed by atoms with Crippen LogP contribution in [0.5, 0.6) is 0 Å². The number of aryl methyl sites for hydroxylation is 1. The molecule has 3 nitrogen and oxygen atoms in total. The van der Waals surface area contributed by atoms with E-state index in [2.05, 4.69) is 55.3 Å². The average molecular weight is 389 g/mol. The van der Waals surface area contributed by atoms with Crippen molar-refractivity contribution in [1.29, 1.82) is 0 Å². The zero-order valence-corrected chi connectivity index (χ0v) is 15.9. The Morgan fingerprint density at radius 1 is 1.20 bits per heavy atom. The summed E-state index contributed by atoms with van der Waals surface area (Å²) >= 11 is 0. The van der Waals surface area contributed by atoms with Crippen LogP contribution < -0.4 is 5.32 Å². The highest BCUT2D eigenvalue weighted by Gasteiger charge is 2.21. The van der Waals surface area contributed by atoms with Crippen LogP contribution in [0.1, 0.15) is 31.9 Å². The van der Waals surface area contributed by atoms with Crippen LogP contribution in [-0.4, -0.2) is 38.5 Å². The van der Waals surface area contributed by atoms with Crippen LogP contribution in [0, 0.1) is 0 Å². The van der Waals surface area contributed by atoms with Gasteiger partial charge < -0.3 is 10.2 Å². The first-order valence-electron chi connectivity index (χ1n) is 6.88. The molecule has 0 fully saturated rings. The molecule has 0 aliphatic heterocycles. The number of halogens is 1. The third-order valence-electron chi connectivity index (χ3n) is 3.47. The summed E-state index contributed by atoms with van der Waals surface area (Å²) in [6, 6.07) is 8.91. The smallest absolute Gasteiger partial charge is 0.193 e. The molecule has 4 heteroatoms. The Hall–Kier alpha value is -0.780. The Bertz CT molecular complexity index is 422. The number of nitrogens with zero attached hydrogens (tertiary/aromatic N) is 2. The summed E-state index contributed by atoms with van der Waals surface area (Å²) in [5, 5.41) is 3.41. The first-order chi connectivity index (χ1) is 8.90. The molecule has 0 aliphatic rings. The van der Waals surface area contributed by atoms with E-state index in [1.165, 1.54) is 11.1 Å². The summed E-state index contributed by atoms with van der Waals surface area (Å²) in [7, 11) is 5.81. The average Bonchev–Trinajstić information content (AvgIpc) is 2.39. The minimum absolute atomic E-state index is 0. The zero-order chi connectivity index (χ0) is 14.5. The van der Waals surface area contributed by atoms with Gasteiger partial charge in [-0.05, 0) is 17.5 Å². The lowest BCUT2D eigenvalue weighted by Gasteiger charge is -2.28. The highest BCUT2D eigenvalue weighted by molar-refractivity contribution is 14.0. The summed E-state index contributed by atoms with van der Waals surface area (Å²) in [5.74, 6) is 0.915. The molecule has 0 spiro atoms. The fraction of sp³-hybridized carbons (Fsp3) is 0.562. The molecular formula is C16H28IN3. The lowest BCUT2D eigenvalue weighted by molar-refractivity contribution is 0.488. The largest absolute Gasteiger partial charge is 0.355 e. The van der Waals surface area contributed by atoms with Gasteiger partial charge in [0.1, 0.15) is 0 Å². The summed E-state index contributed by atoms with van der Waals surface area (Å²) < 4.78 is 0. The van der Waals surface area contributed by atoms with Crippen LogP contribution in [0.4, 0.5) is 0 Å². The molecule has 0 aliphatic carbocycles. The van der Waals surface area contributed by atoms with Crippen molar-refractivity contribution in [2.24, 2.45) is 4.99 Å². The maximum atomic E-state index is 4.24. The van der Waals surface area contributed by atoms with E-state index in [0.29, 0.717) is 0 Å². The molecule has 114 valence electrons. The number of aliphatic imine (C=N–C) groups is 1. The number of guanidine groups is 1. The van der Waals surface area contributed by atoms with Crippen molar-refractivity contribution < 1.29 is 0 Å². The molecule has 1 aromatic rings. The predicted octanol–water partition coefficient (Wildman–Crippen LogP) is 3.28. The number of hydrogen-bond acceptors (Lipinski definition) is 1. The number of nitrogens with one attached hydrogen (secondary N) is 1. The molecule has 0 saturated heterocycles. The van der Waals surface area contributed by atoms with Gasteiger partial charge >= 0.3 is 0 Å². The third kappa shape index (κ3) is 5.31. The second-order valence-electron chi connectivity index (χ2n) is 5.73. The maximum absolute atomic E-state index is 4.24. The molecule has 0 atom stereocenters. The van der Waals surface area contributed by atoms with Gasteiger partial charge in [0.25, 0.3) is 0 Å². The minimum Gasteiger partial charge on any atom is -0.355 e. The molecule has 0 saturated carbocycles. The maximum Gasteiger partial charge on any atom is 0.193 e. The lowest BCUT2D eigenvalue weighted by Crippen LogP contribution is -2.42. The van der Waals surface area contributed by atoms with Crippen molar-refractivity contribution in [3.05, 3.63) is 35.4 Å². The van der Waals surface area contributed by atoms with Crippen LogP contribution in [-0.2, 0) is 11.8 Å². The highest BCUT2D eigenvalue weighted by Crippen LogP contribution is 2.22. The van der Waals surface area contributed by atoms with Gasteiger partial charge in [0.2, 0.25) is 0 Å². The fourth-order valence-electron chi connectivity index (χ4n) is 2.03. The van der Waals surface area contributed by atoms with E-state index < -0.39 is 0 Å². The lowest BCUT2D eigenvalue weighted by atomic mass is 9.84. The fourth-order valence-corrected chi connectivity index (χ4v) is 2.03. The summed E-state index contributed by atoms with van der Waals surface area (Å²) in [6.07, 6.45) is 1.09. The van der Waals surface area contributed by atoms with E-state index in [9.17, 15) is 0 Å². The van der Waals surface area contributed by atoms with E-state index >= 15 is 0 Å². The van der Waals surface area contributed by atoms with Crippen molar-refractivity contribution in [3.63, 3.8) is 0 Å². The third-order valence-corrected chi connectivity index (χ3v) is 3.47. The Kier molecular flexibility index (Phi) is 8.16. The van der Waals surface area contributed by atoms with Crippen LogP contribution >= 0.6 is 24.0 Å². The molecule has 0 radical (unpaired) electrons. The van der Waals surface area contributed by atoms with Crippen molar-refractivity contribution >= 4 is 29.9 Å². The van der Waals surface area contributed by atoms with E-state index in [0.717, 1.165) is 18.9 Å². The van der Waals surface area contributed by atoms with Gasteiger partial charge in [-0.15, -0.1) is 24.0 Å². The topological polar surface area (TPSA) is 27.6 Å². The molecule has 0 heterocycles. The molecular weight excluding hydrogens is 361 g/mol. The number of hydrogen-bond donors (Lipinski definition) is 1. The predicted molar refractivity (Wildman–Crippen MR) is 99.3 cm³/mol. The van der Waals surface area contributed by atoms with Gasteiger partial charge in [0, 0.05) is 33.1 Å². The van der Waals surface area contributed by atoms with Crippen LogP contribution in [0.2, 0.25) is 0 Å². The van der Waals surface area contributed by atoms with Gasteiger partial charge in [-0.1, -0.05) is 45.0 Å². The van der Waals surface area contributed by atoms with Crippen LogP contribution in [0.15, 0.2) is 29.3 Å². The molecule has 0 aromatic heterocycles. The highest BCUT2D eigenvalue weighted by atomic mass is 127. The first-order valence-corrected chi connectivity index (χ1v) is 6.88. The monoisotopic (exact) mass is 389 g/mol. The minimum atomic E-state index is 0. The van der Waals surface area contributed by atoms with E-state index in [1.54, 1.807) is 0 Å². The summed E-state index contributed by atoms with van der Waals surface area (Å²) in [4.78, 5) is 6.24. The van der Waals surface area contributed by atoms with Crippen molar-refractivity contribution in [2.45, 2.75) is 32.6 Å². The number of rotatable bonds is 4. The van der Waals surface area contributed by atoms with Crippen molar-refractivity contribution in [2.75, 3.05) is 27.7 Å². The molecule has 0 unspecified atom stereocenters. The van der Waals surface area contributed by atoms with Crippen LogP contribution in [0.25, 0.3) is 0 Å². The van der Waals surface area contributed by atoms with E-state index in [1.807, 2.05) is 26.0 Å². The van der Waals surface area contributed by atoms with Gasteiger partial charge in [-0.3, -0.25) is 4.99 Å². The molecule has 20 heavy (non-hydrogen) atoms. The normalized spacial score (nSPS) is 11.8. The van der Waals surface area contributed by atoms with Gasteiger partial charge in [0.15, 0.2) is 5.96 Å². The Labute approximate surface area is 140 Å². The zero-order valence-electron chi connectivity index (χ0n) is 13.5. The SMILES string of the molecule is CCc1ccc(C(C)(C)CNC(=NC)N(C)C)cc1.I. The second-order valence-corrected chi connectivity index (χ2v) is 5.73. The Morgan fingerprint density at radius 2 is 1.75 bits per heavy atom. The molecule has 0 bridgehead atoms. The Morgan fingerprint density at radius 3 is 2.15 bits per heavy atom. The molecule has 1 rings (SSSR count). The molecule has 0 amide bonds. The van der Waals surface area contributed by atoms with Crippen molar-refractivity contribution in [3.8, 4) is 0 Å². The Balaban J connectivity index is 0.00000361. The molecule has 1 N–H and O–H groups in total. The van der Waals surface area contributed by atoms with Gasteiger partial charge in [0.05, 0.1) is 0 Å². The standard InChI is InChI=1S/C16H27N3.HI/c1-7-13-8-10-14(11-9-13)16(2,3)12-18-15(17-4)19(5)6;/h8-11H,7,12H2,1-6H3,(H,17,18);1H. The summed E-state index contributed by atoms with van der Waals surface area (Å²) in [6.45, 7) is 7.56.